The molecule has 0 saturated carbocycles. The van der Waals surface area contributed by atoms with Gasteiger partial charge in [-0.1, -0.05) is 36.8 Å². The van der Waals surface area contributed by atoms with Crippen LogP contribution in [0.25, 0.3) is 0 Å². The van der Waals surface area contributed by atoms with Crippen molar-refractivity contribution in [2.45, 2.75) is 31.7 Å². The molecular formula is C14H22N3O+. The number of nitrogens with one attached hydrogen (secondary N) is 1. The van der Waals surface area contributed by atoms with Crippen LogP contribution in [-0.4, -0.2) is 30.0 Å². The maximum Gasteiger partial charge on any atom is 0.292 e. The van der Waals surface area contributed by atoms with Gasteiger partial charge in [-0.15, -0.1) is 0 Å². The van der Waals surface area contributed by atoms with Crippen LogP contribution in [0.2, 0.25) is 0 Å². The number of carbonyl (C=O) groups excluding carboxylic acids is 1. The summed E-state index contributed by atoms with van der Waals surface area (Å²) < 4.78 is 0. The fourth-order valence-corrected chi connectivity index (χ4v) is 2.24. The maximum absolute atomic E-state index is 12.0. The topological polar surface area (TPSA) is 60.0 Å². The number of hydrazine groups is 1. The molecule has 1 aromatic carbocycles. The fraction of sp³-hybridized carbons (Fsp3) is 0.500. The number of nitrogens with zero attached hydrogens (tertiary/aromatic N) is 1. The molecule has 1 fully saturated rings. The predicted molar refractivity (Wildman–Crippen MR) is 70.4 cm³/mol. The van der Waals surface area contributed by atoms with Gasteiger partial charge in [-0.3, -0.25) is 10.2 Å². The highest BCUT2D eigenvalue weighted by molar-refractivity contribution is 5.79. The van der Waals surface area contributed by atoms with Crippen molar-refractivity contribution in [1.29, 1.82) is 0 Å². The van der Waals surface area contributed by atoms with Crippen LogP contribution < -0.4 is 11.2 Å². The van der Waals surface area contributed by atoms with Crippen molar-refractivity contribution < 1.29 is 10.5 Å². The molecule has 0 aromatic heterocycles. The first kappa shape index (κ1) is 13.1. The zero-order chi connectivity index (χ0) is 12.8. The van der Waals surface area contributed by atoms with Gasteiger partial charge in [0.2, 0.25) is 0 Å². The van der Waals surface area contributed by atoms with E-state index in [1.165, 1.54) is 19.3 Å². The molecule has 1 amide bonds. The van der Waals surface area contributed by atoms with Gasteiger partial charge >= 0.3 is 0 Å². The van der Waals surface area contributed by atoms with Gasteiger partial charge in [0, 0.05) is 19.5 Å². The molecular weight excluding hydrogens is 226 g/mol. The average Bonchev–Trinajstić information content (AvgIpc) is 2.41. The van der Waals surface area contributed by atoms with E-state index in [4.69, 9.17) is 0 Å². The number of rotatable bonds is 4. The highest BCUT2D eigenvalue weighted by Gasteiger charge is 2.21. The molecule has 1 saturated heterocycles. The van der Waals surface area contributed by atoms with Crippen LogP contribution in [0.15, 0.2) is 30.3 Å². The summed E-state index contributed by atoms with van der Waals surface area (Å²) in [7, 11) is 0. The van der Waals surface area contributed by atoms with Crippen LogP contribution in [0.3, 0.4) is 0 Å². The Morgan fingerprint density at radius 2 is 1.89 bits per heavy atom. The minimum absolute atomic E-state index is 0.0285. The second kappa shape index (κ2) is 6.52. The van der Waals surface area contributed by atoms with Crippen LogP contribution in [0, 0.1) is 0 Å². The molecule has 0 bridgehead atoms. The van der Waals surface area contributed by atoms with Gasteiger partial charge in [0.05, 0.1) is 0 Å². The van der Waals surface area contributed by atoms with Crippen molar-refractivity contribution in [3.63, 3.8) is 0 Å². The predicted octanol–water partition coefficient (Wildman–Crippen LogP) is 0.357. The Kier molecular flexibility index (Phi) is 4.73. The number of amides is 1. The molecule has 1 atom stereocenters. The van der Waals surface area contributed by atoms with E-state index < -0.39 is 0 Å². The monoisotopic (exact) mass is 248 g/mol. The van der Waals surface area contributed by atoms with Crippen LogP contribution in [0.5, 0.6) is 0 Å². The molecule has 1 aliphatic heterocycles. The molecule has 98 valence electrons. The third kappa shape index (κ3) is 3.82. The van der Waals surface area contributed by atoms with E-state index in [9.17, 15) is 4.79 Å². The highest BCUT2D eigenvalue weighted by atomic mass is 16.2. The van der Waals surface area contributed by atoms with Crippen molar-refractivity contribution in [3.8, 4) is 0 Å². The number of quaternary nitrogens is 1. The van der Waals surface area contributed by atoms with Crippen molar-refractivity contribution in [2.75, 3.05) is 13.1 Å². The van der Waals surface area contributed by atoms with E-state index in [0.29, 0.717) is 6.42 Å². The molecule has 1 aromatic rings. The first-order valence-electron chi connectivity index (χ1n) is 6.68. The molecule has 2 rings (SSSR count). The summed E-state index contributed by atoms with van der Waals surface area (Å²) in [4.78, 5) is 12.0. The molecule has 4 nitrogen and oxygen atoms in total. The van der Waals surface area contributed by atoms with Crippen LogP contribution in [-0.2, 0) is 11.2 Å². The molecule has 0 spiro atoms. The molecule has 0 radical (unpaired) electrons. The first-order valence-corrected chi connectivity index (χ1v) is 6.68. The van der Waals surface area contributed by atoms with E-state index >= 15 is 0 Å². The summed E-state index contributed by atoms with van der Waals surface area (Å²) >= 11 is 0. The van der Waals surface area contributed by atoms with Crippen LogP contribution >= 0.6 is 0 Å². The number of hydrogen-bond acceptors (Lipinski definition) is 2. The SMILES string of the molecule is [NH3+][C@H](Cc1ccccc1)C(=O)NN1CCCCC1. The minimum atomic E-state index is -0.227. The van der Waals surface area contributed by atoms with E-state index in [1.807, 2.05) is 35.3 Å². The van der Waals surface area contributed by atoms with E-state index in [-0.39, 0.29) is 11.9 Å². The van der Waals surface area contributed by atoms with Gasteiger partial charge in [0.25, 0.3) is 5.91 Å². The van der Waals surface area contributed by atoms with Gasteiger partial charge in [-0.05, 0) is 18.4 Å². The molecule has 18 heavy (non-hydrogen) atoms. The molecule has 1 heterocycles. The third-order valence-electron chi connectivity index (χ3n) is 3.32. The summed E-state index contributed by atoms with van der Waals surface area (Å²) in [5.41, 5.74) is 8.09. The molecule has 0 unspecified atom stereocenters. The van der Waals surface area contributed by atoms with Gasteiger partial charge in [0.15, 0.2) is 6.04 Å². The van der Waals surface area contributed by atoms with Crippen LogP contribution in [0.4, 0.5) is 0 Å². The lowest BCUT2D eigenvalue weighted by atomic mass is 10.1. The normalized spacial score (nSPS) is 18.3. The van der Waals surface area contributed by atoms with Gasteiger partial charge in [0.1, 0.15) is 0 Å². The number of benzene rings is 1. The van der Waals surface area contributed by atoms with E-state index in [0.717, 1.165) is 18.7 Å². The smallest absolute Gasteiger partial charge is 0.292 e. The summed E-state index contributed by atoms with van der Waals surface area (Å²) in [5, 5.41) is 2.02. The molecule has 0 aliphatic carbocycles. The number of hydrogen-bond donors (Lipinski definition) is 2. The Balaban J connectivity index is 1.81. The van der Waals surface area contributed by atoms with E-state index in [1.54, 1.807) is 0 Å². The molecule has 4 N–H and O–H groups in total. The standard InChI is InChI=1S/C14H21N3O/c15-13(11-12-7-3-1-4-8-12)14(18)16-17-9-5-2-6-10-17/h1,3-4,7-8,13H,2,5-6,9-11,15H2,(H,16,18)/p+1/t13-/m1/s1. The van der Waals surface area contributed by atoms with Gasteiger partial charge < -0.3 is 5.73 Å². The van der Waals surface area contributed by atoms with Crippen molar-refractivity contribution >= 4 is 5.91 Å². The number of piperidine rings is 1. The molecule has 1 aliphatic rings. The largest absolute Gasteiger partial charge is 0.347 e. The Hall–Kier alpha value is -1.39. The zero-order valence-corrected chi connectivity index (χ0v) is 10.8. The summed E-state index contributed by atoms with van der Waals surface area (Å²) in [6.45, 7) is 1.92. The second-order valence-corrected chi connectivity index (χ2v) is 4.91. The Morgan fingerprint density at radius 3 is 2.56 bits per heavy atom. The van der Waals surface area contributed by atoms with Crippen LogP contribution in [0.1, 0.15) is 24.8 Å². The van der Waals surface area contributed by atoms with E-state index in [2.05, 4.69) is 11.2 Å². The van der Waals surface area contributed by atoms with Gasteiger partial charge in [-0.2, -0.15) is 0 Å². The quantitative estimate of drug-likeness (QED) is 0.808. The van der Waals surface area contributed by atoms with Crippen molar-refractivity contribution in [2.24, 2.45) is 0 Å². The van der Waals surface area contributed by atoms with Crippen molar-refractivity contribution in [3.05, 3.63) is 35.9 Å². The molecule has 4 heteroatoms. The first-order chi connectivity index (χ1) is 8.75. The Labute approximate surface area is 108 Å². The Bertz CT molecular complexity index is 374. The second-order valence-electron chi connectivity index (χ2n) is 4.91. The highest BCUT2D eigenvalue weighted by Crippen LogP contribution is 2.06. The van der Waals surface area contributed by atoms with Gasteiger partial charge in [-0.25, -0.2) is 5.01 Å². The fourth-order valence-electron chi connectivity index (χ4n) is 2.24. The third-order valence-corrected chi connectivity index (χ3v) is 3.32. The minimum Gasteiger partial charge on any atom is -0.347 e. The lowest BCUT2D eigenvalue weighted by Gasteiger charge is -2.27. The lowest BCUT2D eigenvalue weighted by molar-refractivity contribution is -0.403. The Morgan fingerprint density at radius 1 is 1.22 bits per heavy atom. The zero-order valence-electron chi connectivity index (χ0n) is 10.8. The average molecular weight is 248 g/mol. The maximum atomic E-state index is 12.0. The number of carbonyl (C=O) groups is 1. The van der Waals surface area contributed by atoms with Crippen molar-refractivity contribution in [1.82, 2.24) is 10.4 Å². The summed E-state index contributed by atoms with van der Waals surface area (Å²) in [5.74, 6) is 0.0285. The summed E-state index contributed by atoms with van der Waals surface area (Å²) in [6, 6.07) is 9.80. The lowest BCUT2D eigenvalue weighted by Crippen LogP contribution is -2.70. The summed E-state index contributed by atoms with van der Waals surface area (Å²) in [6.07, 6.45) is 4.30.